The van der Waals surface area contributed by atoms with E-state index in [0.717, 1.165) is 42.9 Å². The van der Waals surface area contributed by atoms with Gasteiger partial charge in [0.1, 0.15) is 29.4 Å². The number of nitrogen functional groups attached to an aromatic ring is 1. The van der Waals surface area contributed by atoms with Crippen LogP contribution in [0, 0.1) is 11.7 Å². The SMILES string of the molecule is COc1ccc(F)cc1C(=O)NCc1ccc(-c2nn([C@H]3CC[C@H](CO)CC3)c3ncnc(N)c23)cc1. The fourth-order valence-electron chi connectivity index (χ4n) is 4.94. The Balaban J connectivity index is 1.36. The van der Waals surface area contributed by atoms with Gasteiger partial charge >= 0.3 is 0 Å². The molecule has 0 spiro atoms. The number of hydrogen-bond acceptors (Lipinski definition) is 7. The van der Waals surface area contributed by atoms with E-state index < -0.39 is 11.7 Å². The number of carbonyl (C=O) groups excluding carboxylic acids is 1. The number of hydrogen-bond donors (Lipinski definition) is 3. The number of carbonyl (C=O) groups is 1. The molecule has 4 aromatic rings. The molecule has 1 saturated carbocycles. The fraction of sp³-hybridized carbons (Fsp3) is 0.333. The van der Waals surface area contributed by atoms with E-state index in [4.69, 9.17) is 15.6 Å². The lowest BCUT2D eigenvalue weighted by molar-refractivity contribution is 0.0947. The number of aromatic nitrogens is 4. The van der Waals surface area contributed by atoms with Gasteiger partial charge in [0.25, 0.3) is 5.91 Å². The highest BCUT2D eigenvalue weighted by molar-refractivity contribution is 5.98. The van der Waals surface area contributed by atoms with Crippen LogP contribution in [-0.4, -0.2) is 44.5 Å². The van der Waals surface area contributed by atoms with Gasteiger partial charge in [-0.25, -0.2) is 19.0 Å². The Kier molecular flexibility index (Phi) is 7.00. The van der Waals surface area contributed by atoms with Gasteiger partial charge in [-0.2, -0.15) is 5.10 Å². The predicted octanol–water partition coefficient (Wildman–Crippen LogP) is 3.88. The van der Waals surface area contributed by atoms with E-state index in [2.05, 4.69) is 15.3 Å². The monoisotopic (exact) mass is 504 g/mol. The van der Waals surface area contributed by atoms with Crippen molar-refractivity contribution in [1.29, 1.82) is 0 Å². The average Bonchev–Trinajstić information content (AvgIpc) is 3.33. The minimum atomic E-state index is -0.508. The number of ether oxygens (including phenoxy) is 1. The van der Waals surface area contributed by atoms with Crippen LogP contribution in [0.15, 0.2) is 48.8 Å². The molecule has 1 fully saturated rings. The van der Waals surface area contributed by atoms with Gasteiger partial charge in [-0.05, 0) is 55.4 Å². The minimum Gasteiger partial charge on any atom is -0.496 e. The summed E-state index contributed by atoms with van der Waals surface area (Å²) >= 11 is 0. The quantitative estimate of drug-likeness (QED) is 0.348. The van der Waals surface area contributed by atoms with E-state index in [9.17, 15) is 14.3 Å². The lowest BCUT2D eigenvalue weighted by Gasteiger charge is -2.27. The summed E-state index contributed by atoms with van der Waals surface area (Å²) in [6, 6.07) is 11.7. The second-order valence-corrected chi connectivity index (χ2v) is 9.33. The van der Waals surface area contributed by atoms with Crippen LogP contribution in [0.1, 0.15) is 47.6 Å². The van der Waals surface area contributed by atoms with Crippen molar-refractivity contribution in [1.82, 2.24) is 25.1 Å². The molecule has 1 aliphatic carbocycles. The van der Waals surface area contributed by atoms with E-state index in [1.807, 2.05) is 28.9 Å². The third kappa shape index (κ3) is 4.97. The molecule has 4 N–H and O–H groups in total. The summed E-state index contributed by atoms with van der Waals surface area (Å²) < 4.78 is 20.8. The maximum Gasteiger partial charge on any atom is 0.255 e. The average molecular weight is 505 g/mol. The number of benzene rings is 2. The zero-order chi connectivity index (χ0) is 25.9. The molecule has 0 unspecified atom stereocenters. The second kappa shape index (κ2) is 10.5. The summed E-state index contributed by atoms with van der Waals surface area (Å²) in [6.07, 6.45) is 5.18. The van der Waals surface area contributed by atoms with Gasteiger partial charge in [0.15, 0.2) is 5.65 Å². The molecule has 192 valence electrons. The van der Waals surface area contributed by atoms with Gasteiger partial charge in [-0.15, -0.1) is 0 Å². The van der Waals surface area contributed by atoms with Gasteiger partial charge in [-0.3, -0.25) is 4.79 Å². The Morgan fingerprint density at radius 2 is 1.92 bits per heavy atom. The Morgan fingerprint density at radius 1 is 1.16 bits per heavy atom. The smallest absolute Gasteiger partial charge is 0.255 e. The molecule has 2 aromatic carbocycles. The number of methoxy groups -OCH3 is 1. The number of nitrogens with two attached hydrogens (primary N) is 1. The van der Waals surface area contributed by atoms with E-state index >= 15 is 0 Å². The Bertz CT molecular complexity index is 1410. The molecule has 0 radical (unpaired) electrons. The van der Waals surface area contributed by atoms with E-state index in [1.165, 1.54) is 25.6 Å². The zero-order valence-corrected chi connectivity index (χ0v) is 20.5. The molecular weight excluding hydrogens is 475 g/mol. The minimum absolute atomic E-state index is 0.139. The standard InChI is InChI=1S/C27H29FN6O3/c1-37-22-11-8-19(28)12-21(22)27(36)30-13-16-2-6-18(7-3-16)24-23-25(29)31-15-32-26(23)34(33-24)20-9-4-17(14-35)5-10-20/h2-3,6-8,11-12,15,17,20,35H,4-5,9-10,13-14H2,1H3,(H,30,36)(H2,29,31,32)/t17-,20-. The van der Waals surface area contributed by atoms with Crippen LogP contribution in [0.5, 0.6) is 5.75 Å². The topological polar surface area (TPSA) is 128 Å². The van der Waals surface area contributed by atoms with Crippen molar-refractivity contribution in [2.24, 2.45) is 5.92 Å². The molecule has 10 heteroatoms. The largest absolute Gasteiger partial charge is 0.496 e. The highest BCUT2D eigenvalue weighted by atomic mass is 19.1. The van der Waals surface area contributed by atoms with Crippen LogP contribution < -0.4 is 15.8 Å². The van der Waals surface area contributed by atoms with Gasteiger partial charge in [0, 0.05) is 18.7 Å². The first-order chi connectivity index (χ1) is 18.0. The number of amides is 1. The van der Waals surface area contributed by atoms with Crippen molar-refractivity contribution >= 4 is 22.8 Å². The first kappa shape index (κ1) is 24.6. The zero-order valence-electron chi connectivity index (χ0n) is 20.5. The van der Waals surface area contributed by atoms with Crippen LogP contribution in [0.2, 0.25) is 0 Å². The molecule has 0 saturated heterocycles. The first-order valence-electron chi connectivity index (χ1n) is 12.3. The summed E-state index contributed by atoms with van der Waals surface area (Å²) in [6.45, 7) is 0.475. The van der Waals surface area contributed by atoms with Crippen molar-refractivity contribution in [2.75, 3.05) is 19.5 Å². The molecule has 2 aromatic heterocycles. The summed E-state index contributed by atoms with van der Waals surface area (Å²) in [4.78, 5) is 21.3. The van der Waals surface area contributed by atoms with Gasteiger partial charge < -0.3 is 20.9 Å². The number of nitrogens with zero attached hydrogens (tertiary/aromatic N) is 4. The summed E-state index contributed by atoms with van der Waals surface area (Å²) in [5.74, 6) is 0.0852. The summed E-state index contributed by atoms with van der Waals surface area (Å²) in [5.41, 5.74) is 9.53. The van der Waals surface area contributed by atoms with Gasteiger partial charge in [0.05, 0.1) is 24.1 Å². The maximum atomic E-state index is 13.6. The highest BCUT2D eigenvalue weighted by Crippen LogP contribution is 2.37. The molecule has 1 aliphatic rings. The maximum absolute atomic E-state index is 13.6. The van der Waals surface area contributed by atoms with Gasteiger partial charge in [-0.1, -0.05) is 24.3 Å². The molecule has 37 heavy (non-hydrogen) atoms. The number of aliphatic hydroxyl groups is 1. The number of nitrogens with one attached hydrogen (secondary N) is 1. The number of halogens is 1. The third-order valence-corrected chi connectivity index (χ3v) is 7.03. The molecule has 0 aliphatic heterocycles. The number of fused-ring (bicyclic) bond motifs is 1. The van der Waals surface area contributed by atoms with E-state index in [1.54, 1.807) is 0 Å². The number of aliphatic hydroxyl groups excluding tert-OH is 1. The first-order valence-corrected chi connectivity index (χ1v) is 12.3. The molecule has 0 bridgehead atoms. The van der Waals surface area contributed by atoms with Crippen molar-refractivity contribution in [3.05, 3.63) is 65.7 Å². The summed E-state index contributed by atoms with van der Waals surface area (Å²) in [5, 5.41) is 17.9. The van der Waals surface area contributed by atoms with Crippen LogP contribution in [0.4, 0.5) is 10.2 Å². The van der Waals surface area contributed by atoms with Crippen LogP contribution in [0.25, 0.3) is 22.3 Å². The lowest BCUT2D eigenvalue weighted by atomic mass is 9.87. The van der Waals surface area contributed by atoms with Gasteiger partial charge in [0.2, 0.25) is 0 Å². The molecular formula is C27H29FN6O3. The Labute approximate surface area is 213 Å². The predicted molar refractivity (Wildman–Crippen MR) is 137 cm³/mol. The van der Waals surface area contributed by atoms with Crippen LogP contribution in [0.3, 0.4) is 0 Å². The van der Waals surface area contributed by atoms with Crippen molar-refractivity contribution in [3.8, 4) is 17.0 Å². The van der Waals surface area contributed by atoms with E-state index in [-0.39, 0.29) is 24.8 Å². The molecule has 9 nitrogen and oxygen atoms in total. The Morgan fingerprint density at radius 3 is 2.62 bits per heavy atom. The normalized spacial score (nSPS) is 17.6. The van der Waals surface area contributed by atoms with Crippen LogP contribution in [-0.2, 0) is 6.54 Å². The lowest BCUT2D eigenvalue weighted by Crippen LogP contribution is -2.23. The van der Waals surface area contributed by atoms with Crippen molar-refractivity contribution in [2.45, 2.75) is 38.3 Å². The Hall–Kier alpha value is -4.05. The number of anilines is 1. The summed E-state index contributed by atoms with van der Waals surface area (Å²) in [7, 11) is 1.44. The highest BCUT2D eigenvalue weighted by Gasteiger charge is 2.26. The molecule has 2 heterocycles. The molecule has 0 atom stereocenters. The van der Waals surface area contributed by atoms with Crippen molar-refractivity contribution < 1.29 is 19.0 Å². The van der Waals surface area contributed by atoms with Crippen LogP contribution >= 0.6 is 0 Å². The molecule has 1 amide bonds. The third-order valence-electron chi connectivity index (χ3n) is 7.03. The molecule has 5 rings (SSSR count). The second-order valence-electron chi connectivity index (χ2n) is 9.33. The van der Waals surface area contributed by atoms with Crippen molar-refractivity contribution in [3.63, 3.8) is 0 Å². The van der Waals surface area contributed by atoms with E-state index in [0.29, 0.717) is 34.2 Å². The fourth-order valence-corrected chi connectivity index (χ4v) is 4.94. The number of rotatable bonds is 7.